The molecule has 0 aliphatic heterocycles. The van der Waals surface area contributed by atoms with Crippen LogP contribution in [0.1, 0.15) is 57.8 Å². The van der Waals surface area contributed by atoms with Gasteiger partial charge in [0.05, 0.1) is 5.92 Å². The van der Waals surface area contributed by atoms with Gasteiger partial charge in [-0.2, -0.15) is 13.2 Å². The number of rotatable bonds is 3. The summed E-state index contributed by atoms with van der Waals surface area (Å²) in [6.45, 7) is 0. The van der Waals surface area contributed by atoms with Gasteiger partial charge in [-0.15, -0.1) is 0 Å². The van der Waals surface area contributed by atoms with Crippen LogP contribution < -0.4 is 5.73 Å². The van der Waals surface area contributed by atoms with Crippen LogP contribution in [0.15, 0.2) is 0 Å². The van der Waals surface area contributed by atoms with E-state index in [1.807, 2.05) is 0 Å². The van der Waals surface area contributed by atoms with E-state index in [1.165, 1.54) is 25.7 Å². The molecule has 1 unspecified atom stereocenters. The lowest BCUT2D eigenvalue weighted by Crippen LogP contribution is -2.37. The van der Waals surface area contributed by atoms with Crippen molar-refractivity contribution in [3.05, 3.63) is 0 Å². The van der Waals surface area contributed by atoms with Gasteiger partial charge in [-0.25, -0.2) is 0 Å². The van der Waals surface area contributed by atoms with Crippen molar-refractivity contribution in [3.8, 4) is 0 Å². The summed E-state index contributed by atoms with van der Waals surface area (Å²) in [5.41, 5.74) is 6.20. The maximum atomic E-state index is 12.6. The van der Waals surface area contributed by atoms with Crippen molar-refractivity contribution in [2.24, 2.45) is 23.5 Å². The molecule has 1 atom stereocenters. The Bertz CT molecular complexity index is 250. The summed E-state index contributed by atoms with van der Waals surface area (Å²) < 4.78 is 37.7. The highest BCUT2D eigenvalue weighted by Gasteiger charge is 2.42. The summed E-state index contributed by atoms with van der Waals surface area (Å²) in [5, 5.41) is 0. The van der Waals surface area contributed by atoms with E-state index in [-0.39, 0.29) is 18.9 Å². The predicted molar refractivity (Wildman–Crippen MR) is 66.1 cm³/mol. The lowest BCUT2D eigenvalue weighted by molar-refractivity contribution is -0.184. The number of alkyl halides is 3. The Morgan fingerprint density at radius 3 is 2.00 bits per heavy atom. The summed E-state index contributed by atoms with van der Waals surface area (Å²) in [5.74, 6) is -0.0167. The third-order valence-corrected chi connectivity index (χ3v) is 4.92. The van der Waals surface area contributed by atoms with Gasteiger partial charge in [-0.1, -0.05) is 25.7 Å². The highest BCUT2D eigenvalue weighted by Crippen LogP contribution is 2.41. The second-order valence-corrected chi connectivity index (χ2v) is 6.20. The first-order valence-electron chi connectivity index (χ1n) is 7.29. The minimum Gasteiger partial charge on any atom is -0.327 e. The molecule has 0 heterocycles. The van der Waals surface area contributed by atoms with E-state index in [0.29, 0.717) is 18.8 Å². The average Bonchev–Trinajstić information content (AvgIpc) is 2.81. The quantitative estimate of drug-likeness (QED) is 0.808. The molecule has 106 valence electrons. The molecule has 1 nitrogen and oxygen atoms in total. The van der Waals surface area contributed by atoms with Gasteiger partial charge in [0, 0.05) is 6.04 Å². The van der Waals surface area contributed by atoms with E-state index in [1.54, 1.807) is 0 Å². The van der Waals surface area contributed by atoms with E-state index in [0.717, 1.165) is 12.3 Å². The summed E-state index contributed by atoms with van der Waals surface area (Å²) in [4.78, 5) is 0. The van der Waals surface area contributed by atoms with Gasteiger partial charge in [-0.05, 0) is 43.9 Å². The lowest BCUT2D eigenvalue weighted by atomic mass is 9.76. The Kier molecular flexibility index (Phi) is 4.57. The minimum atomic E-state index is -4.00. The van der Waals surface area contributed by atoms with E-state index in [2.05, 4.69) is 0 Å². The Balaban J connectivity index is 1.74. The second-order valence-electron chi connectivity index (χ2n) is 6.20. The van der Waals surface area contributed by atoms with E-state index < -0.39 is 12.1 Å². The summed E-state index contributed by atoms with van der Waals surface area (Å²) >= 11 is 0. The molecule has 0 amide bonds. The second kappa shape index (κ2) is 5.81. The van der Waals surface area contributed by atoms with Crippen molar-refractivity contribution >= 4 is 0 Å². The molecule has 0 spiro atoms. The summed E-state index contributed by atoms with van der Waals surface area (Å²) in [6.07, 6.45) is 4.07. The van der Waals surface area contributed by atoms with Gasteiger partial charge in [0.15, 0.2) is 0 Å². The lowest BCUT2D eigenvalue weighted by Gasteiger charge is -2.33. The zero-order chi connectivity index (χ0) is 13.2. The third kappa shape index (κ3) is 3.62. The minimum absolute atomic E-state index is 0.127. The van der Waals surface area contributed by atoms with Gasteiger partial charge in [0.2, 0.25) is 0 Å². The molecule has 2 aliphatic rings. The van der Waals surface area contributed by atoms with Crippen LogP contribution in [0.25, 0.3) is 0 Å². The fraction of sp³-hybridized carbons (Fsp3) is 1.00. The standard InChI is InChI=1S/C14H24F3N/c15-14(16,17)12-7-5-11(6-8-12)13(18)9-10-3-1-2-4-10/h10-13H,1-9,18H2. The van der Waals surface area contributed by atoms with Crippen LogP contribution in [0.2, 0.25) is 0 Å². The van der Waals surface area contributed by atoms with Crippen LogP contribution in [0, 0.1) is 17.8 Å². The van der Waals surface area contributed by atoms with Gasteiger partial charge in [0.25, 0.3) is 0 Å². The summed E-state index contributed by atoms with van der Waals surface area (Å²) in [6, 6.07) is 0.127. The average molecular weight is 263 g/mol. The first kappa shape index (κ1) is 14.2. The van der Waals surface area contributed by atoms with Crippen molar-refractivity contribution in [1.29, 1.82) is 0 Å². The molecule has 0 aromatic heterocycles. The summed E-state index contributed by atoms with van der Waals surface area (Å²) in [7, 11) is 0. The van der Waals surface area contributed by atoms with Crippen LogP contribution in [0.5, 0.6) is 0 Å². The molecule has 0 aromatic carbocycles. The van der Waals surface area contributed by atoms with E-state index >= 15 is 0 Å². The highest BCUT2D eigenvalue weighted by molar-refractivity contribution is 4.84. The van der Waals surface area contributed by atoms with Crippen molar-refractivity contribution in [2.45, 2.75) is 70.0 Å². The molecule has 0 aromatic rings. The molecule has 4 heteroatoms. The van der Waals surface area contributed by atoms with E-state index in [9.17, 15) is 13.2 Å². The monoisotopic (exact) mass is 263 g/mol. The third-order valence-electron chi connectivity index (χ3n) is 4.92. The van der Waals surface area contributed by atoms with Crippen LogP contribution in [-0.2, 0) is 0 Å². The Morgan fingerprint density at radius 2 is 1.50 bits per heavy atom. The number of halogens is 3. The Labute approximate surface area is 107 Å². The molecule has 2 fully saturated rings. The van der Waals surface area contributed by atoms with Crippen molar-refractivity contribution in [3.63, 3.8) is 0 Å². The number of hydrogen-bond donors (Lipinski definition) is 1. The largest absolute Gasteiger partial charge is 0.391 e. The maximum Gasteiger partial charge on any atom is 0.391 e. The number of nitrogens with two attached hydrogens (primary N) is 1. The van der Waals surface area contributed by atoms with Gasteiger partial charge in [0.1, 0.15) is 0 Å². The normalized spacial score (nSPS) is 32.7. The van der Waals surface area contributed by atoms with Gasteiger partial charge < -0.3 is 5.73 Å². The predicted octanol–water partition coefficient (Wildman–Crippen LogP) is 4.26. The molecule has 0 radical (unpaired) electrons. The number of hydrogen-bond acceptors (Lipinski definition) is 1. The van der Waals surface area contributed by atoms with Crippen LogP contribution in [0.3, 0.4) is 0 Å². The van der Waals surface area contributed by atoms with E-state index in [4.69, 9.17) is 5.73 Å². The zero-order valence-electron chi connectivity index (χ0n) is 10.9. The van der Waals surface area contributed by atoms with Gasteiger partial charge in [-0.3, -0.25) is 0 Å². The van der Waals surface area contributed by atoms with Crippen LogP contribution in [0.4, 0.5) is 13.2 Å². The SMILES string of the molecule is NC(CC1CCCC1)C1CCC(C(F)(F)F)CC1. The van der Waals surface area contributed by atoms with Crippen molar-refractivity contribution in [2.75, 3.05) is 0 Å². The van der Waals surface area contributed by atoms with Gasteiger partial charge >= 0.3 is 6.18 Å². The molecule has 2 aliphatic carbocycles. The molecule has 2 rings (SSSR count). The maximum absolute atomic E-state index is 12.6. The van der Waals surface area contributed by atoms with Crippen molar-refractivity contribution in [1.82, 2.24) is 0 Å². The molecular weight excluding hydrogens is 239 g/mol. The first-order valence-corrected chi connectivity index (χ1v) is 7.29. The molecule has 0 bridgehead atoms. The first-order chi connectivity index (χ1) is 8.47. The Hall–Kier alpha value is -0.250. The molecule has 2 N–H and O–H groups in total. The molecule has 18 heavy (non-hydrogen) atoms. The topological polar surface area (TPSA) is 26.0 Å². The smallest absolute Gasteiger partial charge is 0.327 e. The zero-order valence-corrected chi connectivity index (χ0v) is 10.9. The molecule has 2 saturated carbocycles. The van der Waals surface area contributed by atoms with Crippen LogP contribution in [-0.4, -0.2) is 12.2 Å². The molecule has 0 saturated heterocycles. The molecular formula is C14H24F3N. The van der Waals surface area contributed by atoms with Crippen molar-refractivity contribution < 1.29 is 13.2 Å². The fourth-order valence-corrected chi connectivity index (χ4v) is 3.70. The Morgan fingerprint density at radius 1 is 0.944 bits per heavy atom. The van der Waals surface area contributed by atoms with Crippen LogP contribution >= 0.6 is 0 Å². The fourth-order valence-electron chi connectivity index (χ4n) is 3.70. The highest BCUT2D eigenvalue weighted by atomic mass is 19.4.